The van der Waals surface area contributed by atoms with Gasteiger partial charge in [-0.3, -0.25) is 9.59 Å². The third-order valence-corrected chi connectivity index (χ3v) is 5.76. The first-order valence-corrected chi connectivity index (χ1v) is 11.4. The summed E-state index contributed by atoms with van der Waals surface area (Å²) in [7, 11) is 0. The molecule has 2 rings (SSSR count). The Labute approximate surface area is 194 Å². The highest BCUT2D eigenvalue weighted by atomic mass is 79.9. The lowest BCUT2D eigenvalue weighted by Gasteiger charge is -2.29. The zero-order valence-electron chi connectivity index (χ0n) is 19.3. The molecule has 0 unspecified atom stereocenters. The van der Waals surface area contributed by atoms with Crippen LogP contribution in [0.2, 0.25) is 0 Å². The lowest BCUT2D eigenvalue weighted by Crippen LogP contribution is -2.49. The van der Waals surface area contributed by atoms with Gasteiger partial charge in [-0.2, -0.15) is 0 Å². The van der Waals surface area contributed by atoms with Crippen LogP contribution in [0.1, 0.15) is 43.0 Å². The fraction of sp³-hybridized carbons (Fsp3) is 0.440. The molecule has 6 heteroatoms. The van der Waals surface area contributed by atoms with E-state index >= 15 is 0 Å². The van der Waals surface area contributed by atoms with Crippen molar-refractivity contribution in [1.82, 2.24) is 10.2 Å². The predicted octanol–water partition coefficient (Wildman–Crippen LogP) is 4.94. The Balaban J connectivity index is 2.18. The Bertz CT molecular complexity index is 910. The summed E-state index contributed by atoms with van der Waals surface area (Å²) in [6.45, 7) is 12.6. The molecule has 0 aliphatic heterocycles. The molecule has 2 aromatic rings. The van der Waals surface area contributed by atoms with E-state index in [-0.39, 0.29) is 18.4 Å². The van der Waals surface area contributed by atoms with Gasteiger partial charge in [-0.1, -0.05) is 48.0 Å². The van der Waals surface area contributed by atoms with E-state index in [1.807, 2.05) is 65.0 Å². The Morgan fingerprint density at radius 2 is 1.71 bits per heavy atom. The van der Waals surface area contributed by atoms with Crippen molar-refractivity contribution in [2.75, 3.05) is 13.2 Å². The SMILES string of the molecule is Cc1cc(C)c(C)c(OCC(=O)N(Cc2ccc(Br)cc2)[C@H](C)C(=O)NCC(C)C)c1. The third-order valence-electron chi connectivity index (χ3n) is 5.23. The predicted molar refractivity (Wildman–Crippen MR) is 128 cm³/mol. The Morgan fingerprint density at radius 3 is 2.32 bits per heavy atom. The summed E-state index contributed by atoms with van der Waals surface area (Å²) < 4.78 is 6.86. The maximum absolute atomic E-state index is 13.2. The van der Waals surface area contributed by atoms with Gasteiger partial charge in [0, 0.05) is 17.6 Å². The van der Waals surface area contributed by atoms with Gasteiger partial charge < -0.3 is 15.0 Å². The molecule has 0 saturated carbocycles. The Kier molecular flexibility index (Phi) is 9.11. The first kappa shape index (κ1) is 24.9. The van der Waals surface area contributed by atoms with Gasteiger partial charge in [0.2, 0.25) is 5.91 Å². The second-order valence-electron chi connectivity index (χ2n) is 8.46. The van der Waals surface area contributed by atoms with Crippen LogP contribution >= 0.6 is 15.9 Å². The Morgan fingerprint density at radius 1 is 1.06 bits per heavy atom. The summed E-state index contributed by atoms with van der Waals surface area (Å²) in [4.78, 5) is 27.4. The van der Waals surface area contributed by atoms with Gasteiger partial charge in [0.15, 0.2) is 6.61 Å². The highest BCUT2D eigenvalue weighted by molar-refractivity contribution is 9.10. The molecule has 1 atom stereocenters. The molecular formula is C25H33BrN2O3. The van der Waals surface area contributed by atoms with Crippen LogP contribution in [0.15, 0.2) is 40.9 Å². The van der Waals surface area contributed by atoms with E-state index in [0.29, 0.717) is 24.8 Å². The van der Waals surface area contributed by atoms with Gasteiger partial charge in [0.25, 0.3) is 5.91 Å². The number of rotatable bonds is 9. The van der Waals surface area contributed by atoms with Crippen molar-refractivity contribution < 1.29 is 14.3 Å². The minimum atomic E-state index is -0.612. The van der Waals surface area contributed by atoms with Crippen molar-refractivity contribution in [1.29, 1.82) is 0 Å². The maximum Gasteiger partial charge on any atom is 0.261 e. The summed E-state index contributed by atoms with van der Waals surface area (Å²) in [6, 6.07) is 11.2. The molecule has 0 heterocycles. The van der Waals surface area contributed by atoms with Gasteiger partial charge >= 0.3 is 0 Å². The van der Waals surface area contributed by atoms with E-state index in [9.17, 15) is 9.59 Å². The number of nitrogens with one attached hydrogen (secondary N) is 1. The number of hydrogen-bond acceptors (Lipinski definition) is 3. The quantitative estimate of drug-likeness (QED) is 0.543. The zero-order valence-corrected chi connectivity index (χ0v) is 20.9. The molecule has 0 radical (unpaired) electrons. The maximum atomic E-state index is 13.2. The topological polar surface area (TPSA) is 58.6 Å². The zero-order chi connectivity index (χ0) is 23.1. The summed E-state index contributed by atoms with van der Waals surface area (Å²) in [5.41, 5.74) is 4.16. The molecule has 0 saturated heterocycles. The van der Waals surface area contributed by atoms with Crippen molar-refractivity contribution in [3.8, 4) is 5.75 Å². The molecule has 0 aliphatic carbocycles. The van der Waals surface area contributed by atoms with Gasteiger partial charge in [-0.25, -0.2) is 0 Å². The first-order valence-electron chi connectivity index (χ1n) is 10.6. The van der Waals surface area contributed by atoms with Gasteiger partial charge in [-0.05, 0) is 74.1 Å². The molecule has 2 aromatic carbocycles. The smallest absolute Gasteiger partial charge is 0.261 e. The van der Waals surface area contributed by atoms with E-state index in [2.05, 4.69) is 27.3 Å². The number of amides is 2. The van der Waals surface area contributed by atoms with Crippen molar-refractivity contribution in [2.24, 2.45) is 5.92 Å². The number of benzene rings is 2. The second kappa shape index (κ2) is 11.3. The average Bonchev–Trinajstić information content (AvgIpc) is 2.72. The van der Waals surface area contributed by atoms with Gasteiger partial charge in [-0.15, -0.1) is 0 Å². The molecule has 0 spiro atoms. The van der Waals surface area contributed by atoms with E-state index in [4.69, 9.17) is 4.74 Å². The highest BCUT2D eigenvalue weighted by Gasteiger charge is 2.26. The normalized spacial score (nSPS) is 11.9. The molecule has 0 bridgehead atoms. The van der Waals surface area contributed by atoms with Crippen molar-refractivity contribution in [3.05, 3.63) is 63.1 Å². The van der Waals surface area contributed by atoms with Gasteiger partial charge in [0.05, 0.1) is 0 Å². The molecule has 168 valence electrons. The molecule has 0 aliphatic rings. The van der Waals surface area contributed by atoms with Crippen molar-refractivity contribution >= 4 is 27.7 Å². The standard InChI is InChI=1S/C25H33BrN2O3/c1-16(2)13-27-25(30)20(6)28(14-21-7-9-22(26)10-8-21)24(29)15-31-23-12-17(3)11-18(4)19(23)5/h7-12,16,20H,13-15H2,1-6H3,(H,27,30)/t20-/m1/s1. The number of halogens is 1. The number of hydrogen-bond donors (Lipinski definition) is 1. The molecule has 0 aromatic heterocycles. The monoisotopic (exact) mass is 488 g/mol. The number of nitrogens with zero attached hydrogens (tertiary/aromatic N) is 1. The summed E-state index contributed by atoms with van der Waals surface area (Å²) >= 11 is 3.43. The fourth-order valence-electron chi connectivity index (χ4n) is 3.19. The van der Waals surface area contributed by atoms with E-state index < -0.39 is 6.04 Å². The second-order valence-corrected chi connectivity index (χ2v) is 9.37. The molecular weight excluding hydrogens is 456 g/mol. The summed E-state index contributed by atoms with van der Waals surface area (Å²) in [5.74, 6) is 0.643. The molecule has 5 nitrogen and oxygen atoms in total. The molecule has 1 N–H and O–H groups in total. The first-order chi connectivity index (χ1) is 14.6. The lowest BCUT2D eigenvalue weighted by atomic mass is 10.1. The largest absolute Gasteiger partial charge is 0.483 e. The van der Waals surface area contributed by atoms with E-state index in [1.54, 1.807) is 11.8 Å². The van der Waals surface area contributed by atoms with Crippen molar-refractivity contribution in [3.63, 3.8) is 0 Å². The van der Waals surface area contributed by atoms with Crippen LogP contribution in [-0.2, 0) is 16.1 Å². The van der Waals surface area contributed by atoms with Crippen LogP contribution < -0.4 is 10.1 Å². The number of carbonyl (C=O) groups is 2. The van der Waals surface area contributed by atoms with Crippen LogP contribution in [0, 0.1) is 26.7 Å². The highest BCUT2D eigenvalue weighted by Crippen LogP contribution is 2.23. The van der Waals surface area contributed by atoms with Crippen LogP contribution in [0.25, 0.3) is 0 Å². The number of carbonyl (C=O) groups excluding carboxylic acids is 2. The molecule has 0 fully saturated rings. The van der Waals surface area contributed by atoms with Gasteiger partial charge in [0.1, 0.15) is 11.8 Å². The molecule has 2 amide bonds. The molecule has 31 heavy (non-hydrogen) atoms. The minimum Gasteiger partial charge on any atom is -0.483 e. The lowest BCUT2D eigenvalue weighted by molar-refractivity contribution is -0.142. The van der Waals surface area contributed by atoms with Crippen LogP contribution in [0.5, 0.6) is 5.75 Å². The third kappa shape index (κ3) is 7.39. The van der Waals surface area contributed by atoms with Crippen LogP contribution in [0.3, 0.4) is 0 Å². The van der Waals surface area contributed by atoms with E-state index in [0.717, 1.165) is 26.7 Å². The summed E-state index contributed by atoms with van der Waals surface area (Å²) in [5, 5.41) is 2.93. The minimum absolute atomic E-state index is 0.123. The fourth-order valence-corrected chi connectivity index (χ4v) is 3.46. The number of ether oxygens (including phenoxy) is 1. The average molecular weight is 489 g/mol. The van der Waals surface area contributed by atoms with Crippen LogP contribution in [0.4, 0.5) is 0 Å². The number of aryl methyl sites for hydroxylation is 2. The van der Waals surface area contributed by atoms with Crippen LogP contribution in [-0.4, -0.2) is 35.9 Å². The van der Waals surface area contributed by atoms with E-state index in [1.165, 1.54) is 0 Å². The Hall–Kier alpha value is -2.34. The summed E-state index contributed by atoms with van der Waals surface area (Å²) in [6.07, 6.45) is 0. The van der Waals surface area contributed by atoms with Crippen molar-refractivity contribution in [2.45, 2.75) is 54.1 Å².